The molecule has 0 amide bonds. The molecule has 120 valence electrons. The highest BCUT2D eigenvalue weighted by Crippen LogP contribution is 2.27. The largest absolute Gasteiger partial charge is 0.493 e. The molecule has 22 heavy (non-hydrogen) atoms. The molecule has 1 aromatic rings. The minimum Gasteiger partial charge on any atom is -0.493 e. The highest BCUT2D eigenvalue weighted by molar-refractivity contribution is 5.79. The third-order valence-electron chi connectivity index (χ3n) is 3.20. The summed E-state index contributed by atoms with van der Waals surface area (Å²) < 4.78 is 10.6. The predicted octanol–water partition coefficient (Wildman–Crippen LogP) is 1.78. The van der Waals surface area contributed by atoms with E-state index in [1.54, 1.807) is 14.2 Å². The van der Waals surface area contributed by atoms with E-state index in [1.165, 1.54) is 5.56 Å². The zero-order valence-corrected chi connectivity index (χ0v) is 13.8. The first-order chi connectivity index (χ1) is 10.7. The molecule has 0 aliphatic rings. The summed E-state index contributed by atoms with van der Waals surface area (Å²) in [6, 6.07) is 5.96. The van der Waals surface area contributed by atoms with E-state index in [0.717, 1.165) is 37.0 Å². The second-order valence-corrected chi connectivity index (χ2v) is 4.74. The van der Waals surface area contributed by atoms with Crippen molar-refractivity contribution in [3.8, 4) is 23.8 Å². The molecule has 0 unspecified atom stereocenters. The monoisotopic (exact) mass is 303 g/mol. The number of likely N-dealkylation sites (N-methyl/N-ethyl adjacent to an activating group) is 1. The van der Waals surface area contributed by atoms with Gasteiger partial charge < -0.3 is 19.7 Å². The zero-order chi connectivity index (χ0) is 16.4. The van der Waals surface area contributed by atoms with Crippen molar-refractivity contribution >= 4 is 5.96 Å². The summed E-state index contributed by atoms with van der Waals surface area (Å²) in [6.07, 6.45) is 6.14. The van der Waals surface area contributed by atoms with Crippen LogP contribution in [-0.2, 0) is 6.42 Å². The molecule has 0 atom stereocenters. The van der Waals surface area contributed by atoms with Crippen LogP contribution in [0.5, 0.6) is 11.5 Å². The van der Waals surface area contributed by atoms with Crippen molar-refractivity contribution in [1.82, 2.24) is 10.2 Å². The Morgan fingerprint density at radius 1 is 1.32 bits per heavy atom. The normalized spacial score (nSPS) is 10.8. The number of aliphatic imine (C=N–C) groups is 1. The van der Waals surface area contributed by atoms with Gasteiger partial charge >= 0.3 is 0 Å². The topological polar surface area (TPSA) is 46.1 Å². The van der Waals surface area contributed by atoms with Gasteiger partial charge in [0.2, 0.25) is 0 Å². The minimum absolute atomic E-state index is 0.378. The number of nitrogens with one attached hydrogen (secondary N) is 1. The first-order valence-electron chi connectivity index (χ1n) is 7.30. The van der Waals surface area contributed by atoms with Crippen LogP contribution in [0.15, 0.2) is 23.2 Å². The van der Waals surface area contributed by atoms with Gasteiger partial charge in [0.25, 0.3) is 0 Å². The van der Waals surface area contributed by atoms with Crippen molar-refractivity contribution in [3.63, 3.8) is 0 Å². The average Bonchev–Trinajstić information content (AvgIpc) is 2.56. The number of hydrogen-bond donors (Lipinski definition) is 1. The zero-order valence-electron chi connectivity index (χ0n) is 13.8. The van der Waals surface area contributed by atoms with Gasteiger partial charge in [0.05, 0.1) is 14.2 Å². The Balaban J connectivity index is 2.70. The van der Waals surface area contributed by atoms with Crippen LogP contribution < -0.4 is 14.8 Å². The van der Waals surface area contributed by atoms with Crippen molar-refractivity contribution in [1.29, 1.82) is 0 Å². The van der Waals surface area contributed by atoms with Crippen molar-refractivity contribution in [2.75, 3.05) is 40.9 Å². The first-order valence-corrected chi connectivity index (χ1v) is 7.30. The Labute approximate surface area is 133 Å². The van der Waals surface area contributed by atoms with Gasteiger partial charge in [0.15, 0.2) is 17.5 Å². The lowest BCUT2D eigenvalue weighted by atomic mass is 10.1. The molecule has 0 saturated carbocycles. The van der Waals surface area contributed by atoms with Gasteiger partial charge in [-0.15, -0.1) is 6.42 Å². The quantitative estimate of drug-likeness (QED) is 0.474. The fourth-order valence-corrected chi connectivity index (χ4v) is 2.03. The van der Waals surface area contributed by atoms with Crippen molar-refractivity contribution in [3.05, 3.63) is 23.8 Å². The van der Waals surface area contributed by atoms with E-state index in [-0.39, 0.29) is 0 Å². The lowest BCUT2D eigenvalue weighted by Gasteiger charge is -2.22. The number of benzene rings is 1. The molecule has 5 heteroatoms. The van der Waals surface area contributed by atoms with Gasteiger partial charge in [-0.3, -0.25) is 0 Å². The Kier molecular flexibility index (Phi) is 7.69. The van der Waals surface area contributed by atoms with Crippen LogP contribution in [0.25, 0.3) is 0 Å². The number of methoxy groups -OCH3 is 2. The van der Waals surface area contributed by atoms with Crippen molar-refractivity contribution in [2.24, 2.45) is 4.99 Å². The number of ether oxygens (including phenoxy) is 2. The lowest BCUT2D eigenvalue weighted by Crippen LogP contribution is -2.40. The molecule has 0 spiro atoms. The molecule has 0 aliphatic carbocycles. The van der Waals surface area contributed by atoms with E-state index >= 15 is 0 Å². The first kappa shape index (κ1) is 17.7. The lowest BCUT2D eigenvalue weighted by molar-refractivity contribution is 0.354. The Bertz CT molecular complexity index is 535. The Morgan fingerprint density at radius 3 is 2.64 bits per heavy atom. The summed E-state index contributed by atoms with van der Waals surface area (Å²) in [6.45, 7) is 4.05. The van der Waals surface area contributed by atoms with Gasteiger partial charge in [-0.05, 0) is 31.0 Å². The van der Waals surface area contributed by atoms with E-state index in [4.69, 9.17) is 15.9 Å². The smallest absolute Gasteiger partial charge is 0.194 e. The number of hydrogen-bond acceptors (Lipinski definition) is 3. The summed E-state index contributed by atoms with van der Waals surface area (Å²) in [5.41, 5.74) is 1.18. The third kappa shape index (κ3) is 5.21. The van der Waals surface area contributed by atoms with Gasteiger partial charge in [0, 0.05) is 20.1 Å². The maximum absolute atomic E-state index is 5.33. The van der Waals surface area contributed by atoms with Crippen LogP contribution in [0, 0.1) is 12.3 Å². The van der Waals surface area contributed by atoms with Crippen LogP contribution in [0.1, 0.15) is 12.5 Å². The number of rotatable bonds is 7. The molecule has 0 fully saturated rings. The molecule has 1 N–H and O–H groups in total. The van der Waals surface area contributed by atoms with Gasteiger partial charge in [0.1, 0.15) is 6.54 Å². The molecule has 0 heterocycles. The van der Waals surface area contributed by atoms with Crippen molar-refractivity contribution in [2.45, 2.75) is 13.3 Å². The van der Waals surface area contributed by atoms with Crippen LogP contribution in [0.4, 0.5) is 0 Å². The fourth-order valence-electron chi connectivity index (χ4n) is 2.03. The molecule has 0 radical (unpaired) electrons. The second-order valence-electron chi connectivity index (χ2n) is 4.74. The third-order valence-corrected chi connectivity index (χ3v) is 3.20. The molecular weight excluding hydrogens is 278 g/mol. The molecule has 0 aromatic heterocycles. The Hall–Kier alpha value is -2.35. The summed E-state index contributed by atoms with van der Waals surface area (Å²) in [7, 11) is 5.28. The molecule has 0 aliphatic heterocycles. The van der Waals surface area contributed by atoms with E-state index in [1.807, 2.05) is 32.2 Å². The summed E-state index contributed by atoms with van der Waals surface area (Å²) in [4.78, 5) is 6.42. The Morgan fingerprint density at radius 2 is 2.05 bits per heavy atom. The summed E-state index contributed by atoms with van der Waals surface area (Å²) >= 11 is 0. The SMILES string of the molecule is C#CCN=C(NCC)N(C)CCc1ccc(OC)c(OC)c1. The molecule has 1 rings (SSSR count). The van der Waals surface area contributed by atoms with Crippen molar-refractivity contribution < 1.29 is 9.47 Å². The maximum atomic E-state index is 5.33. The molecule has 1 aromatic carbocycles. The molecule has 0 saturated heterocycles. The predicted molar refractivity (Wildman–Crippen MR) is 90.7 cm³/mol. The standard InChI is InChI=1S/C17H25N3O2/c1-6-11-19-17(18-7-2)20(3)12-10-14-8-9-15(21-4)16(13-14)22-5/h1,8-9,13H,7,10-12H2,2-5H3,(H,18,19). The highest BCUT2D eigenvalue weighted by atomic mass is 16.5. The van der Waals surface area contributed by atoms with Crippen LogP contribution in [-0.4, -0.2) is 51.8 Å². The maximum Gasteiger partial charge on any atom is 0.194 e. The fraction of sp³-hybridized carbons (Fsp3) is 0.471. The number of guanidine groups is 1. The van der Waals surface area contributed by atoms with E-state index in [0.29, 0.717) is 6.54 Å². The summed E-state index contributed by atoms with van der Waals surface area (Å²) in [5, 5.41) is 3.23. The number of terminal acetylenes is 1. The minimum atomic E-state index is 0.378. The van der Waals surface area contributed by atoms with Crippen LogP contribution in [0.3, 0.4) is 0 Å². The van der Waals surface area contributed by atoms with E-state index in [9.17, 15) is 0 Å². The molecular formula is C17H25N3O2. The summed E-state index contributed by atoms with van der Waals surface area (Å²) in [5.74, 6) is 4.83. The number of nitrogens with zero attached hydrogens (tertiary/aromatic N) is 2. The molecule has 0 bridgehead atoms. The van der Waals surface area contributed by atoms with Gasteiger partial charge in [-0.25, -0.2) is 4.99 Å². The van der Waals surface area contributed by atoms with Gasteiger partial charge in [-0.2, -0.15) is 0 Å². The molecule has 5 nitrogen and oxygen atoms in total. The van der Waals surface area contributed by atoms with Crippen LogP contribution in [0.2, 0.25) is 0 Å². The van der Waals surface area contributed by atoms with E-state index in [2.05, 4.69) is 21.1 Å². The highest BCUT2D eigenvalue weighted by Gasteiger charge is 2.08. The van der Waals surface area contributed by atoms with E-state index < -0.39 is 0 Å². The van der Waals surface area contributed by atoms with Crippen LogP contribution >= 0.6 is 0 Å². The average molecular weight is 303 g/mol. The van der Waals surface area contributed by atoms with Gasteiger partial charge in [-0.1, -0.05) is 12.0 Å². The second kappa shape index (κ2) is 9.56.